The molecule has 0 saturated carbocycles. The Morgan fingerprint density at radius 1 is 1.04 bits per heavy atom. The van der Waals surface area contributed by atoms with Crippen LogP contribution in [0.4, 0.5) is 0 Å². The van der Waals surface area contributed by atoms with Crippen LogP contribution >= 0.6 is 0 Å². The van der Waals surface area contributed by atoms with Gasteiger partial charge in [0.2, 0.25) is 10.0 Å². The standard InChI is InChI=1S/C18H28N2O3S/c1-18(2)9-3-4-10-19(18)15-16-5-7-17(8-6-16)24(21,22)20-11-13-23-14-12-20/h5-8H,3-4,9-15H2,1-2H3. The van der Waals surface area contributed by atoms with E-state index >= 15 is 0 Å². The average molecular weight is 353 g/mol. The van der Waals surface area contributed by atoms with Gasteiger partial charge in [0.05, 0.1) is 18.1 Å². The maximum atomic E-state index is 12.7. The fourth-order valence-corrected chi connectivity index (χ4v) is 4.95. The maximum Gasteiger partial charge on any atom is 0.243 e. The van der Waals surface area contributed by atoms with Crippen molar-refractivity contribution >= 4 is 10.0 Å². The highest BCUT2D eigenvalue weighted by Gasteiger charge is 2.30. The zero-order valence-electron chi connectivity index (χ0n) is 14.7. The molecule has 0 atom stereocenters. The third-order valence-electron chi connectivity index (χ3n) is 5.23. The molecule has 1 aromatic rings. The molecule has 0 aliphatic carbocycles. The number of nitrogens with zero attached hydrogens (tertiary/aromatic N) is 2. The lowest BCUT2D eigenvalue weighted by Crippen LogP contribution is -2.46. The molecule has 2 aliphatic heterocycles. The number of rotatable bonds is 4. The van der Waals surface area contributed by atoms with Crippen molar-refractivity contribution in [2.24, 2.45) is 0 Å². The Morgan fingerprint density at radius 2 is 1.71 bits per heavy atom. The van der Waals surface area contributed by atoms with Gasteiger partial charge in [0.15, 0.2) is 0 Å². The quantitative estimate of drug-likeness (QED) is 0.835. The molecule has 0 spiro atoms. The summed E-state index contributed by atoms with van der Waals surface area (Å²) in [6.45, 7) is 8.40. The number of morpholine rings is 1. The number of piperidine rings is 1. The second-order valence-electron chi connectivity index (χ2n) is 7.35. The van der Waals surface area contributed by atoms with E-state index in [0.29, 0.717) is 31.2 Å². The molecule has 2 fully saturated rings. The van der Waals surface area contributed by atoms with E-state index in [4.69, 9.17) is 4.74 Å². The van der Waals surface area contributed by atoms with Crippen LogP contribution in [0.25, 0.3) is 0 Å². The van der Waals surface area contributed by atoms with E-state index in [2.05, 4.69) is 18.7 Å². The molecular formula is C18H28N2O3S. The van der Waals surface area contributed by atoms with E-state index < -0.39 is 10.0 Å². The van der Waals surface area contributed by atoms with Gasteiger partial charge in [-0.05, 0) is 50.9 Å². The fraction of sp³-hybridized carbons (Fsp3) is 0.667. The Balaban J connectivity index is 1.71. The van der Waals surface area contributed by atoms with Crippen molar-refractivity contribution in [1.29, 1.82) is 0 Å². The van der Waals surface area contributed by atoms with Crippen LogP contribution in [-0.4, -0.2) is 56.0 Å². The minimum atomic E-state index is -3.39. The summed E-state index contributed by atoms with van der Waals surface area (Å²) in [6.07, 6.45) is 3.75. The third kappa shape index (κ3) is 3.82. The van der Waals surface area contributed by atoms with Gasteiger partial charge in [-0.25, -0.2) is 8.42 Å². The van der Waals surface area contributed by atoms with Crippen LogP contribution in [0.2, 0.25) is 0 Å². The smallest absolute Gasteiger partial charge is 0.243 e. The zero-order valence-corrected chi connectivity index (χ0v) is 15.5. The predicted octanol–water partition coefficient (Wildman–Crippen LogP) is 2.47. The van der Waals surface area contributed by atoms with Gasteiger partial charge in [-0.3, -0.25) is 4.90 Å². The molecule has 3 rings (SSSR count). The van der Waals surface area contributed by atoms with Gasteiger partial charge in [0, 0.05) is 25.2 Å². The summed E-state index contributed by atoms with van der Waals surface area (Å²) in [5.41, 5.74) is 1.39. The van der Waals surface area contributed by atoms with Crippen molar-refractivity contribution in [3.63, 3.8) is 0 Å². The number of ether oxygens (including phenoxy) is 1. The Morgan fingerprint density at radius 3 is 2.33 bits per heavy atom. The average Bonchev–Trinajstić information content (AvgIpc) is 2.58. The number of benzene rings is 1. The van der Waals surface area contributed by atoms with E-state index in [1.54, 1.807) is 12.1 Å². The Hall–Kier alpha value is -0.950. The molecule has 5 nitrogen and oxygen atoms in total. The molecule has 6 heteroatoms. The summed E-state index contributed by atoms with van der Waals surface area (Å²) in [5.74, 6) is 0. The van der Waals surface area contributed by atoms with E-state index in [0.717, 1.165) is 13.1 Å². The molecule has 0 aromatic heterocycles. The van der Waals surface area contributed by atoms with E-state index in [9.17, 15) is 8.42 Å². The molecule has 0 N–H and O–H groups in total. The van der Waals surface area contributed by atoms with Gasteiger partial charge in [-0.1, -0.05) is 18.6 Å². The van der Waals surface area contributed by atoms with Gasteiger partial charge >= 0.3 is 0 Å². The molecule has 0 unspecified atom stereocenters. The van der Waals surface area contributed by atoms with Crippen LogP contribution in [0.1, 0.15) is 38.7 Å². The predicted molar refractivity (Wildman–Crippen MR) is 94.4 cm³/mol. The number of sulfonamides is 1. The first-order chi connectivity index (χ1) is 11.4. The highest BCUT2D eigenvalue weighted by atomic mass is 32.2. The SMILES string of the molecule is CC1(C)CCCCN1Cc1ccc(S(=O)(=O)N2CCOCC2)cc1. The van der Waals surface area contributed by atoms with Crippen molar-refractivity contribution in [1.82, 2.24) is 9.21 Å². The van der Waals surface area contributed by atoms with Crippen LogP contribution in [-0.2, 0) is 21.3 Å². The zero-order chi connectivity index (χ0) is 17.2. The van der Waals surface area contributed by atoms with E-state index in [1.165, 1.54) is 29.1 Å². The van der Waals surface area contributed by atoms with E-state index in [1.807, 2.05) is 12.1 Å². The molecule has 0 amide bonds. The molecule has 2 aliphatic rings. The Bertz CT molecular complexity index is 649. The third-order valence-corrected chi connectivity index (χ3v) is 7.14. The summed E-state index contributed by atoms with van der Waals surface area (Å²) in [7, 11) is -3.39. The lowest BCUT2D eigenvalue weighted by Gasteiger charge is -2.42. The summed E-state index contributed by atoms with van der Waals surface area (Å²) in [5, 5.41) is 0. The molecule has 0 bridgehead atoms. The van der Waals surface area contributed by atoms with Crippen LogP contribution in [0, 0.1) is 0 Å². The van der Waals surface area contributed by atoms with Crippen molar-refractivity contribution in [3.05, 3.63) is 29.8 Å². The number of hydrogen-bond donors (Lipinski definition) is 0. The lowest BCUT2D eigenvalue weighted by molar-refractivity contribution is 0.0692. The minimum absolute atomic E-state index is 0.219. The second kappa shape index (κ2) is 7.12. The Labute approximate surface area is 145 Å². The van der Waals surface area contributed by atoms with Crippen LogP contribution in [0.5, 0.6) is 0 Å². The van der Waals surface area contributed by atoms with Crippen molar-refractivity contribution in [2.45, 2.75) is 50.1 Å². The van der Waals surface area contributed by atoms with Gasteiger partial charge in [-0.2, -0.15) is 4.31 Å². The first-order valence-corrected chi connectivity index (χ1v) is 10.3. The molecule has 2 saturated heterocycles. The summed E-state index contributed by atoms with van der Waals surface area (Å²) in [6, 6.07) is 7.41. The highest BCUT2D eigenvalue weighted by Crippen LogP contribution is 2.29. The van der Waals surface area contributed by atoms with Crippen LogP contribution in [0.15, 0.2) is 29.2 Å². The van der Waals surface area contributed by atoms with Crippen LogP contribution in [0.3, 0.4) is 0 Å². The van der Waals surface area contributed by atoms with Crippen molar-refractivity contribution in [2.75, 3.05) is 32.8 Å². The summed E-state index contributed by atoms with van der Waals surface area (Å²) in [4.78, 5) is 2.88. The first-order valence-electron chi connectivity index (χ1n) is 8.81. The van der Waals surface area contributed by atoms with Gasteiger partial charge in [0.1, 0.15) is 0 Å². The van der Waals surface area contributed by atoms with Gasteiger partial charge < -0.3 is 4.74 Å². The lowest BCUT2D eigenvalue weighted by atomic mass is 9.90. The van der Waals surface area contributed by atoms with Crippen molar-refractivity contribution in [3.8, 4) is 0 Å². The van der Waals surface area contributed by atoms with Gasteiger partial charge in [-0.15, -0.1) is 0 Å². The van der Waals surface area contributed by atoms with E-state index in [-0.39, 0.29) is 5.54 Å². The Kier molecular flexibility index (Phi) is 5.30. The second-order valence-corrected chi connectivity index (χ2v) is 9.29. The highest BCUT2D eigenvalue weighted by molar-refractivity contribution is 7.89. The summed E-state index contributed by atoms with van der Waals surface area (Å²) >= 11 is 0. The molecule has 1 aromatic carbocycles. The number of hydrogen-bond acceptors (Lipinski definition) is 4. The molecule has 24 heavy (non-hydrogen) atoms. The minimum Gasteiger partial charge on any atom is -0.379 e. The first kappa shape index (κ1) is 17.9. The topological polar surface area (TPSA) is 49.9 Å². The molecule has 2 heterocycles. The monoisotopic (exact) mass is 352 g/mol. The fourth-order valence-electron chi connectivity index (χ4n) is 3.54. The maximum absolute atomic E-state index is 12.7. The van der Waals surface area contributed by atoms with Gasteiger partial charge in [0.25, 0.3) is 0 Å². The summed E-state index contributed by atoms with van der Waals surface area (Å²) < 4.78 is 32.1. The van der Waals surface area contributed by atoms with Crippen LogP contribution < -0.4 is 0 Å². The molecule has 134 valence electrons. The van der Waals surface area contributed by atoms with Crippen molar-refractivity contribution < 1.29 is 13.2 Å². The largest absolute Gasteiger partial charge is 0.379 e. The number of likely N-dealkylation sites (tertiary alicyclic amines) is 1. The molecule has 0 radical (unpaired) electrons. The normalized spacial score (nSPS) is 23.2. The molecular weight excluding hydrogens is 324 g/mol.